The second-order valence-electron chi connectivity index (χ2n) is 7.86. The minimum atomic E-state index is -4.73. The van der Waals surface area contributed by atoms with Gasteiger partial charge in [-0.05, 0) is 25.0 Å². The summed E-state index contributed by atoms with van der Waals surface area (Å²) in [7, 11) is 0. The van der Waals surface area contributed by atoms with E-state index in [0.29, 0.717) is 51.4 Å². The van der Waals surface area contributed by atoms with Crippen molar-refractivity contribution in [2.24, 2.45) is 5.92 Å². The van der Waals surface area contributed by atoms with Crippen molar-refractivity contribution in [3.63, 3.8) is 0 Å². The Labute approximate surface area is 187 Å². The molecule has 1 aromatic carbocycles. The molecule has 2 saturated heterocycles. The molecular weight excluding hydrogens is 445 g/mol. The van der Waals surface area contributed by atoms with E-state index in [0.717, 1.165) is 0 Å². The molecule has 2 aliphatic heterocycles. The van der Waals surface area contributed by atoms with Crippen LogP contribution in [0.2, 0.25) is 0 Å². The van der Waals surface area contributed by atoms with Crippen molar-refractivity contribution < 1.29 is 36.8 Å². The average molecular weight is 468 g/mol. The SMILES string of the molecule is O=C(NC[C@H]1COCCN1C(=O)C1CCOCC1)c1ccc(-c2noc(C(F)(F)F)n2)cc1. The first-order valence-electron chi connectivity index (χ1n) is 10.6. The number of amides is 2. The molecule has 1 aromatic heterocycles. The molecule has 2 aromatic rings. The Kier molecular flexibility index (Phi) is 6.94. The predicted octanol–water partition coefficient (Wildman–Crippen LogP) is 2.14. The fraction of sp³-hybridized carbons (Fsp3) is 0.524. The van der Waals surface area contributed by atoms with Gasteiger partial charge < -0.3 is 24.2 Å². The lowest BCUT2D eigenvalue weighted by Gasteiger charge is -2.38. The molecule has 9 nitrogen and oxygen atoms in total. The van der Waals surface area contributed by atoms with Gasteiger partial charge in [-0.3, -0.25) is 9.59 Å². The summed E-state index contributed by atoms with van der Waals surface area (Å²) in [4.78, 5) is 30.6. The Bertz CT molecular complexity index is 973. The lowest BCUT2D eigenvalue weighted by molar-refractivity contribution is -0.159. The number of alkyl halides is 3. The number of ether oxygens (including phenoxy) is 2. The summed E-state index contributed by atoms with van der Waals surface area (Å²) in [5.74, 6) is -2.06. The van der Waals surface area contributed by atoms with Crippen molar-refractivity contribution in [1.82, 2.24) is 20.4 Å². The minimum absolute atomic E-state index is 0.0588. The maximum atomic E-state index is 12.9. The van der Waals surface area contributed by atoms with E-state index in [4.69, 9.17) is 9.47 Å². The molecule has 0 aliphatic carbocycles. The Hall–Kier alpha value is -2.99. The topological polar surface area (TPSA) is 107 Å². The van der Waals surface area contributed by atoms with E-state index in [-0.39, 0.29) is 41.7 Å². The van der Waals surface area contributed by atoms with Gasteiger partial charge in [0.15, 0.2) is 0 Å². The zero-order valence-corrected chi connectivity index (χ0v) is 17.6. The zero-order valence-electron chi connectivity index (χ0n) is 17.6. The molecule has 0 saturated carbocycles. The van der Waals surface area contributed by atoms with E-state index in [2.05, 4.69) is 20.0 Å². The highest BCUT2D eigenvalue weighted by molar-refractivity contribution is 5.94. The van der Waals surface area contributed by atoms with Gasteiger partial charge in [-0.25, -0.2) is 0 Å². The van der Waals surface area contributed by atoms with Crippen molar-refractivity contribution in [1.29, 1.82) is 0 Å². The van der Waals surface area contributed by atoms with E-state index in [9.17, 15) is 22.8 Å². The summed E-state index contributed by atoms with van der Waals surface area (Å²) in [6.45, 7) is 2.60. The van der Waals surface area contributed by atoms with Crippen LogP contribution in [-0.4, -0.2) is 72.4 Å². The highest BCUT2D eigenvalue weighted by atomic mass is 19.4. The third-order valence-corrected chi connectivity index (χ3v) is 5.65. The van der Waals surface area contributed by atoms with E-state index < -0.39 is 12.1 Å². The number of nitrogens with one attached hydrogen (secondary N) is 1. The van der Waals surface area contributed by atoms with Gasteiger partial charge in [0.05, 0.1) is 19.3 Å². The number of rotatable bonds is 5. The molecule has 33 heavy (non-hydrogen) atoms. The van der Waals surface area contributed by atoms with Gasteiger partial charge in [-0.2, -0.15) is 18.2 Å². The second-order valence-corrected chi connectivity index (χ2v) is 7.86. The van der Waals surface area contributed by atoms with Crippen molar-refractivity contribution >= 4 is 11.8 Å². The standard InChI is InChI=1S/C21H23F3N4O5/c22-21(23,24)20-26-17(27-33-20)13-1-3-14(4-2-13)18(29)25-11-16-12-32-10-7-28(16)19(30)15-5-8-31-9-6-15/h1-4,15-16H,5-12H2,(H,25,29)/t16-/m0/s1. The van der Waals surface area contributed by atoms with Crippen LogP contribution in [0.4, 0.5) is 13.2 Å². The second kappa shape index (κ2) is 9.87. The Morgan fingerprint density at radius 3 is 2.48 bits per heavy atom. The van der Waals surface area contributed by atoms with Gasteiger partial charge in [0.2, 0.25) is 11.7 Å². The van der Waals surface area contributed by atoms with E-state index in [1.54, 1.807) is 4.90 Å². The molecule has 0 bridgehead atoms. The third-order valence-electron chi connectivity index (χ3n) is 5.65. The molecule has 2 aliphatic rings. The van der Waals surface area contributed by atoms with E-state index in [1.165, 1.54) is 24.3 Å². The molecule has 4 rings (SSSR count). The zero-order chi connectivity index (χ0) is 23.4. The molecular formula is C21H23F3N4O5. The van der Waals surface area contributed by atoms with E-state index in [1.807, 2.05) is 0 Å². The smallest absolute Gasteiger partial charge is 0.381 e. The number of halogens is 3. The summed E-state index contributed by atoms with van der Waals surface area (Å²) in [6, 6.07) is 5.50. The lowest BCUT2D eigenvalue weighted by Crippen LogP contribution is -2.55. The summed E-state index contributed by atoms with van der Waals surface area (Å²) in [5.41, 5.74) is 0.581. The summed E-state index contributed by atoms with van der Waals surface area (Å²) in [6.07, 6.45) is -3.35. The fourth-order valence-electron chi connectivity index (χ4n) is 3.83. The van der Waals surface area contributed by atoms with Crippen LogP contribution in [0.1, 0.15) is 29.1 Å². The number of benzene rings is 1. The highest BCUT2D eigenvalue weighted by Gasteiger charge is 2.38. The number of nitrogens with zero attached hydrogens (tertiary/aromatic N) is 3. The molecule has 1 N–H and O–H groups in total. The first-order valence-corrected chi connectivity index (χ1v) is 10.6. The first-order chi connectivity index (χ1) is 15.8. The van der Waals surface area contributed by atoms with Gasteiger partial charge in [0, 0.05) is 43.3 Å². The summed E-state index contributed by atoms with van der Waals surface area (Å²) >= 11 is 0. The number of morpholine rings is 1. The molecule has 2 amide bonds. The summed E-state index contributed by atoms with van der Waals surface area (Å²) in [5, 5.41) is 6.13. The fourth-order valence-corrected chi connectivity index (χ4v) is 3.83. The van der Waals surface area contributed by atoms with Gasteiger partial charge in [-0.15, -0.1) is 0 Å². The van der Waals surface area contributed by atoms with Crippen LogP contribution in [0.5, 0.6) is 0 Å². The maximum Gasteiger partial charge on any atom is 0.471 e. The lowest BCUT2D eigenvalue weighted by atomic mass is 9.97. The maximum absolute atomic E-state index is 12.9. The van der Waals surface area contributed by atoms with Gasteiger partial charge >= 0.3 is 12.1 Å². The quantitative estimate of drug-likeness (QED) is 0.717. The number of hydrogen-bond donors (Lipinski definition) is 1. The molecule has 0 unspecified atom stereocenters. The first kappa shape index (κ1) is 23.2. The molecule has 0 radical (unpaired) electrons. The van der Waals surface area contributed by atoms with Crippen LogP contribution in [0.25, 0.3) is 11.4 Å². The van der Waals surface area contributed by atoms with Crippen molar-refractivity contribution in [2.75, 3.05) is 39.5 Å². The molecule has 1 atom stereocenters. The number of aromatic nitrogens is 2. The van der Waals surface area contributed by atoms with Crippen LogP contribution in [-0.2, 0) is 20.4 Å². The van der Waals surface area contributed by atoms with Crippen LogP contribution in [0.3, 0.4) is 0 Å². The largest absolute Gasteiger partial charge is 0.471 e. The van der Waals surface area contributed by atoms with Crippen molar-refractivity contribution in [2.45, 2.75) is 25.1 Å². The molecule has 3 heterocycles. The van der Waals surface area contributed by atoms with Gasteiger partial charge in [0.1, 0.15) is 0 Å². The summed E-state index contributed by atoms with van der Waals surface area (Å²) < 4.78 is 52.9. The number of carbonyl (C=O) groups excluding carboxylic acids is 2. The van der Waals surface area contributed by atoms with Crippen LogP contribution >= 0.6 is 0 Å². The van der Waals surface area contributed by atoms with Gasteiger partial charge in [-0.1, -0.05) is 17.3 Å². The molecule has 178 valence electrons. The Morgan fingerprint density at radius 2 is 1.82 bits per heavy atom. The minimum Gasteiger partial charge on any atom is -0.381 e. The molecule has 12 heteroatoms. The highest BCUT2D eigenvalue weighted by Crippen LogP contribution is 2.29. The van der Waals surface area contributed by atoms with E-state index >= 15 is 0 Å². The molecule has 2 fully saturated rings. The van der Waals surface area contributed by atoms with Crippen molar-refractivity contribution in [3.05, 3.63) is 35.7 Å². The van der Waals surface area contributed by atoms with Crippen LogP contribution < -0.4 is 5.32 Å². The number of carbonyl (C=O) groups is 2. The normalized spacial score (nSPS) is 20.0. The van der Waals surface area contributed by atoms with Crippen LogP contribution in [0, 0.1) is 5.92 Å². The third kappa shape index (κ3) is 5.50. The van der Waals surface area contributed by atoms with Crippen molar-refractivity contribution in [3.8, 4) is 11.4 Å². The van der Waals surface area contributed by atoms with Gasteiger partial charge in [0.25, 0.3) is 5.91 Å². The average Bonchev–Trinajstić information content (AvgIpc) is 3.34. The Morgan fingerprint density at radius 1 is 1.09 bits per heavy atom. The molecule has 0 spiro atoms. The predicted molar refractivity (Wildman–Crippen MR) is 107 cm³/mol. The Balaban J connectivity index is 1.35. The number of hydrogen-bond acceptors (Lipinski definition) is 7. The van der Waals surface area contributed by atoms with Crippen LogP contribution in [0.15, 0.2) is 28.8 Å². The monoisotopic (exact) mass is 468 g/mol.